The van der Waals surface area contributed by atoms with Crippen LogP contribution in [0.3, 0.4) is 0 Å². The lowest BCUT2D eigenvalue weighted by molar-refractivity contribution is 0.240. The zero-order valence-electron chi connectivity index (χ0n) is 10.0. The first-order valence-electron chi connectivity index (χ1n) is 6.40. The summed E-state index contributed by atoms with van der Waals surface area (Å²) >= 11 is 1.66. The minimum Gasteiger partial charge on any atom is -0.315 e. The van der Waals surface area contributed by atoms with E-state index < -0.39 is 0 Å². The van der Waals surface area contributed by atoms with Crippen LogP contribution in [0.15, 0.2) is 0 Å². The quantitative estimate of drug-likeness (QED) is 0.470. The zero-order valence-corrected chi connectivity index (χ0v) is 10.9. The van der Waals surface area contributed by atoms with Crippen LogP contribution in [0.2, 0.25) is 0 Å². The Bertz CT molecular complexity index is 138. The minimum absolute atomic E-state index is 0.929. The van der Waals surface area contributed by atoms with Gasteiger partial charge in [0.05, 0.1) is 6.61 Å². The van der Waals surface area contributed by atoms with Crippen LogP contribution in [0.1, 0.15) is 45.4 Å². The predicted octanol–water partition coefficient (Wildman–Crippen LogP) is 3.33. The van der Waals surface area contributed by atoms with Gasteiger partial charge in [0, 0.05) is 12.3 Å². The molecule has 1 aliphatic rings. The van der Waals surface area contributed by atoms with E-state index in [2.05, 4.69) is 11.8 Å². The van der Waals surface area contributed by atoms with Crippen molar-refractivity contribution in [3.63, 3.8) is 0 Å². The Morgan fingerprint density at radius 1 is 1.13 bits per heavy atom. The summed E-state index contributed by atoms with van der Waals surface area (Å²) in [6.45, 7) is 6.97. The molecule has 0 unspecified atom stereocenters. The third-order valence-electron chi connectivity index (χ3n) is 2.85. The smallest absolute Gasteiger partial charge is 0.0613 e. The van der Waals surface area contributed by atoms with Crippen molar-refractivity contribution in [2.24, 2.45) is 0 Å². The van der Waals surface area contributed by atoms with E-state index in [1.807, 2.05) is 0 Å². The highest BCUT2D eigenvalue weighted by Gasteiger charge is 2.08. The maximum absolute atomic E-state index is 5.52. The highest BCUT2D eigenvalue weighted by Crippen LogP contribution is 2.11. The second-order valence-electron chi connectivity index (χ2n) is 4.25. The van der Waals surface area contributed by atoms with Crippen LogP contribution in [-0.2, 0) is 4.18 Å². The predicted molar refractivity (Wildman–Crippen MR) is 68.2 cm³/mol. The van der Waals surface area contributed by atoms with Crippen molar-refractivity contribution < 1.29 is 4.18 Å². The molecule has 0 saturated carbocycles. The summed E-state index contributed by atoms with van der Waals surface area (Å²) < 4.78 is 5.52. The summed E-state index contributed by atoms with van der Waals surface area (Å²) in [6, 6.07) is 0. The molecule has 2 nitrogen and oxygen atoms in total. The van der Waals surface area contributed by atoms with Crippen molar-refractivity contribution in [2.45, 2.75) is 45.4 Å². The van der Waals surface area contributed by atoms with Gasteiger partial charge in [0.15, 0.2) is 0 Å². The Labute approximate surface area is 99.0 Å². The van der Waals surface area contributed by atoms with Crippen molar-refractivity contribution in [3.8, 4) is 0 Å². The number of hydrogen-bond acceptors (Lipinski definition) is 3. The normalized spacial score (nSPS) is 18.2. The van der Waals surface area contributed by atoms with Gasteiger partial charge in [-0.2, -0.15) is 0 Å². The Hall–Kier alpha value is 0.270. The molecule has 1 saturated heterocycles. The Kier molecular flexibility index (Phi) is 8.44. The summed E-state index contributed by atoms with van der Waals surface area (Å²) in [5, 5.41) is 0. The number of nitrogens with zero attached hydrogens (tertiary/aromatic N) is 1. The fourth-order valence-corrected chi connectivity index (χ4v) is 2.56. The maximum atomic E-state index is 5.52. The minimum atomic E-state index is 0.929. The van der Waals surface area contributed by atoms with E-state index in [4.69, 9.17) is 4.18 Å². The van der Waals surface area contributed by atoms with Gasteiger partial charge < -0.3 is 9.08 Å². The Morgan fingerprint density at radius 3 is 2.67 bits per heavy atom. The first-order chi connectivity index (χ1) is 7.43. The third-order valence-corrected chi connectivity index (χ3v) is 3.54. The van der Waals surface area contributed by atoms with E-state index in [1.54, 1.807) is 12.0 Å². The van der Waals surface area contributed by atoms with Crippen LogP contribution >= 0.6 is 12.0 Å². The largest absolute Gasteiger partial charge is 0.315 e. The van der Waals surface area contributed by atoms with Crippen LogP contribution in [-0.4, -0.2) is 36.9 Å². The van der Waals surface area contributed by atoms with Gasteiger partial charge in [-0.25, -0.2) is 0 Å². The fourth-order valence-electron chi connectivity index (χ4n) is 1.88. The molecule has 15 heavy (non-hydrogen) atoms. The van der Waals surface area contributed by atoms with Crippen molar-refractivity contribution in [3.05, 3.63) is 0 Å². The summed E-state index contributed by atoms with van der Waals surface area (Å²) in [5.74, 6) is 1.13. The molecule has 1 aliphatic heterocycles. The summed E-state index contributed by atoms with van der Waals surface area (Å²) in [4.78, 5) is 2.56. The van der Waals surface area contributed by atoms with Gasteiger partial charge in [-0.3, -0.25) is 0 Å². The van der Waals surface area contributed by atoms with E-state index >= 15 is 0 Å². The third kappa shape index (κ3) is 7.20. The highest BCUT2D eigenvalue weighted by atomic mass is 32.2. The molecule has 1 rings (SSSR count). The molecule has 0 amide bonds. The summed E-state index contributed by atoms with van der Waals surface area (Å²) in [6.07, 6.45) is 8.00. The number of rotatable bonds is 8. The molecule has 0 bridgehead atoms. The van der Waals surface area contributed by atoms with Crippen LogP contribution < -0.4 is 0 Å². The maximum Gasteiger partial charge on any atom is 0.0613 e. The van der Waals surface area contributed by atoms with Gasteiger partial charge in [-0.05, 0) is 44.4 Å². The van der Waals surface area contributed by atoms with Gasteiger partial charge >= 0.3 is 0 Å². The second-order valence-corrected chi connectivity index (χ2v) is 5.13. The lowest BCUT2D eigenvalue weighted by Crippen LogP contribution is -2.31. The van der Waals surface area contributed by atoms with E-state index in [0.29, 0.717) is 0 Å². The van der Waals surface area contributed by atoms with Gasteiger partial charge in [0.25, 0.3) is 0 Å². The van der Waals surface area contributed by atoms with Crippen LogP contribution in [0.4, 0.5) is 0 Å². The molecule has 0 aromatic rings. The molecule has 0 aliphatic carbocycles. The molecule has 0 aromatic carbocycles. The van der Waals surface area contributed by atoms with Gasteiger partial charge in [-0.15, -0.1) is 0 Å². The highest BCUT2D eigenvalue weighted by molar-refractivity contribution is 7.94. The van der Waals surface area contributed by atoms with Crippen molar-refractivity contribution in [1.82, 2.24) is 4.90 Å². The lowest BCUT2D eigenvalue weighted by atomic mass is 10.1. The van der Waals surface area contributed by atoms with Crippen molar-refractivity contribution in [2.75, 3.05) is 32.0 Å². The van der Waals surface area contributed by atoms with Crippen LogP contribution in [0.5, 0.6) is 0 Å². The number of unbranched alkanes of at least 4 members (excludes halogenated alkanes) is 2. The standard InChI is InChI=1S/C12H25NOS/c1-2-3-7-11-14-15-12-10-13-8-5-4-6-9-13/h2-12H2,1H3. The molecule has 3 heteroatoms. The monoisotopic (exact) mass is 231 g/mol. The van der Waals surface area contributed by atoms with Gasteiger partial charge in [0.1, 0.15) is 0 Å². The second kappa shape index (κ2) is 9.49. The first-order valence-corrected chi connectivity index (χ1v) is 7.31. The molecule has 0 atom stereocenters. The average Bonchev–Trinajstić information content (AvgIpc) is 2.29. The van der Waals surface area contributed by atoms with Crippen LogP contribution in [0.25, 0.3) is 0 Å². The van der Waals surface area contributed by atoms with Crippen LogP contribution in [0, 0.1) is 0 Å². The van der Waals surface area contributed by atoms with Gasteiger partial charge in [-0.1, -0.05) is 26.2 Å². The molecule has 0 spiro atoms. The Balaban J connectivity index is 1.79. The van der Waals surface area contributed by atoms with E-state index in [1.165, 1.54) is 58.2 Å². The Morgan fingerprint density at radius 2 is 1.93 bits per heavy atom. The summed E-state index contributed by atoms with van der Waals surface area (Å²) in [5.41, 5.74) is 0. The molecular formula is C12H25NOS. The molecule has 1 fully saturated rings. The van der Waals surface area contributed by atoms with Gasteiger partial charge in [0.2, 0.25) is 0 Å². The van der Waals surface area contributed by atoms with Crippen molar-refractivity contribution in [1.29, 1.82) is 0 Å². The molecular weight excluding hydrogens is 206 g/mol. The average molecular weight is 231 g/mol. The first kappa shape index (κ1) is 13.3. The molecule has 0 radical (unpaired) electrons. The molecule has 90 valence electrons. The number of likely N-dealkylation sites (tertiary alicyclic amines) is 1. The fraction of sp³-hybridized carbons (Fsp3) is 1.00. The SMILES string of the molecule is CCCCCOSCCN1CCCCC1. The lowest BCUT2D eigenvalue weighted by Gasteiger charge is -2.25. The van der Waals surface area contributed by atoms with Crippen molar-refractivity contribution >= 4 is 12.0 Å². The van der Waals surface area contributed by atoms with E-state index in [9.17, 15) is 0 Å². The van der Waals surface area contributed by atoms with E-state index in [0.717, 1.165) is 12.4 Å². The number of piperidine rings is 1. The molecule has 1 heterocycles. The number of hydrogen-bond donors (Lipinski definition) is 0. The molecule has 0 N–H and O–H groups in total. The zero-order chi connectivity index (χ0) is 10.8. The van der Waals surface area contributed by atoms with E-state index in [-0.39, 0.29) is 0 Å². The summed E-state index contributed by atoms with van der Waals surface area (Å²) in [7, 11) is 0. The molecule has 0 aromatic heterocycles. The topological polar surface area (TPSA) is 12.5 Å².